The summed E-state index contributed by atoms with van der Waals surface area (Å²) in [5.74, 6) is 1.24. The lowest BCUT2D eigenvalue weighted by Crippen LogP contribution is -2.66. The summed E-state index contributed by atoms with van der Waals surface area (Å²) in [5, 5.41) is 18.9. The van der Waals surface area contributed by atoms with Crippen molar-refractivity contribution in [2.45, 2.75) is 69.4 Å². The first-order valence-electron chi connectivity index (χ1n) is 9.60. The van der Waals surface area contributed by atoms with Crippen molar-refractivity contribution in [3.05, 3.63) is 22.4 Å². The molecule has 2 unspecified atom stereocenters. The molecule has 4 aliphatic rings. The van der Waals surface area contributed by atoms with Crippen LogP contribution in [0, 0.1) is 11.8 Å². The average Bonchev–Trinajstić information content (AvgIpc) is 3.25. The van der Waals surface area contributed by atoms with Crippen LogP contribution >= 0.6 is 11.3 Å². The molecule has 138 valence electrons. The van der Waals surface area contributed by atoms with Gasteiger partial charge in [0.05, 0.1) is 10.5 Å². The molecule has 6 rings (SSSR count). The quantitative estimate of drug-likeness (QED) is 0.872. The summed E-state index contributed by atoms with van der Waals surface area (Å²) >= 11 is 1.59. The fraction of sp³-hybridized carbons (Fsp3) is 0.722. The van der Waals surface area contributed by atoms with E-state index in [4.69, 9.17) is 0 Å². The van der Waals surface area contributed by atoms with Crippen LogP contribution in [0.1, 0.15) is 67.4 Å². The third kappa shape index (κ3) is 2.57. The van der Waals surface area contributed by atoms with E-state index in [9.17, 15) is 4.79 Å². The zero-order chi connectivity index (χ0) is 17.8. The molecule has 0 radical (unpaired) electrons. The topological polar surface area (TPSA) is 85.6 Å². The van der Waals surface area contributed by atoms with Gasteiger partial charge < -0.3 is 5.32 Å². The molecular weight excluding hydrogens is 348 g/mol. The first-order valence-corrected chi connectivity index (χ1v) is 10.5. The lowest BCUT2D eigenvalue weighted by atomic mass is 9.50. The van der Waals surface area contributed by atoms with Gasteiger partial charge in [0.2, 0.25) is 0 Å². The Morgan fingerprint density at radius 2 is 2.15 bits per heavy atom. The summed E-state index contributed by atoms with van der Waals surface area (Å²) < 4.78 is 0. The molecule has 0 aliphatic heterocycles. The van der Waals surface area contributed by atoms with Crippen LogP contribution < -0.4 is 5.32 Å². The molecule has 2 aromatic heterocycles. The molecule has 1 N–H and O–H groups in total. The van der Waals surface area contributed by atoms with E-state index < -0.39 is 0 Å². The van der Waals surface area contributed by atoms with E-state index in [0.29, 0.717) is 17.5 Å². The van der Waals surface area contributed by atoms with E-state index in [1.165, 1.54) is 12.7 Å². The number of nitrogens with one attached hydrogen (secondary N) is 1. The Balaban J connectivity index is 1.40. The lowest BCUT2D eigenvalue weighted by Gasteiger charge is -2.61. The molecular formula is C18H24N6OS. The first kappa shape index (κ1) is 16.4. The fourth-order valence-electron chi connectivity index (χ4n) is 6.03. The normalized spacial score (nSPS) is 35.0. The first-order chi connectivity index (χ1) is 12.6. The zero-order valence-corrected chi connectivity index (χ0v) is 15.8. The molecule has 7 nitrogen and oxygen atoms in total. The Morgan fingerprint density at radius 1 is 1.35 bits per heavy atom. The number of hydrogen-bond acceptors (Lipinski definition) is 6. The molecule has 26 heavy (non-hydrogen) atoms. The van der Waals surface area contributed by atoms with E-state index in [2.05, 4.69) is 32.6 Å². The molecule has 4 fully saturated rings. The largest absolute Gasteiger partial charge is 0.345 e. The maximum atomic E-state index is 12.9. The highest BCUT2D eigenvalue weighted by molar-refractivity contribution is 7.09. The maximum Gasteiger partial charge on any atom is 0.271 e. The number of thiazole rings is 1. The van der Waals surface area contributed by atoms with Gasteiger partial charge in [-0.2, -0.15) is 4.80 Å². The molecule has 1 amide bonds. The van der Waals surface area contributed by atoms with Crippen molar-refractivity contribution in [2.75, 3.05) is 0 Å². The van der Waals surface area contributed by atoms with Gasteiger partial charge in [0.25, 0.3) is 5.91 Å². The molecule has 0 spiro atoms. The van der Waals surface area contributed by atoms with Crippen molar-refractivity contribution in [1.29, 1.82) is 0 Å². The van der Waals surface area contributed by atoms with E-state index in [-0.39, 0.29) is 17.0 Å². The fourth-order valence-corrected chi connectivity index (χ4v) is 6.91. The van der Waals surface area contributed by atoms with Gasteiger partial charge in [-0.15, -0.1) is 21.5 Å². The predicted octanol–water partition coefficient (Wildman–Crippen LogP) is 2.56. The highest BCUT2D eigenvalue weighted by atomic mass is 32.1. The van der Waals surface area contributed by atoms with Crippen LogP contribution in [0.15, 0.2) is 11.7 Å². The van der Waals surface area contributed by atoms with Crippen LogP contribution in [0.5, 0.6) is 0 Å². The minimum atomic E-state index is -0.149. The molecule has 4 saturated carbocycles. The van der Waals surface area contributed by atoms with Crippen molar-refractivity contribution in [2.24, 2.45) is 11.8 Å². The average molecular weight is 372 g/mol. The van der Waals surface area contributed by atoms with Gasteiger partial charge in [0.15, 0.2) is 6.33 Å². The summed E-state index contributed by atoms with van der Waals surface area (Å²) in [6, 6.07) is 0. The third-order valence-electron chi connectivity index (χ3n) is 6.43. The number of nitrogens with zero attached hydrogens (tertiary/aromatic N) is 5. The maximum absolute atomic E-state index is 12.9. The van der Waals surface area contributed by atoms with Crippen LogP contribution in [0.3, 0.4) is 0 Å². The van der Waals surface area contributed by atoms with E-state index >= 15 is 0 Å². The van der Waals surface area contributed by atoms with Crippen LogP contribution in [-0.4, -0.2) is 36.6 Å². The van der Waals surface area contributed by atoms with Crippen molar-refractivity contribution in [3.8, 4) is 0 Å². The number of hydrogen-bond donors (Lipinski definition) is 1. The second kappa shape index (κ2) is 5.84. The number of tetrazole rings is 1. The zero-order valence-electron chi connectivity index (χ0n) is 15.0. The van der Waals surface area contributed by atoms with Gasteiger partial charge in [-0.05, 0) is 68.4 Å². The second-order valence-corrected chi connectivity index (χ2v) is 9.46. The Morgan fingerprint density at radius 3 is 2.85 bits per heavy atom. The second-order valence-electron chi connectivity index (χ2n) is 8.52. The van der Waals surface area contributed by atoms with Gasteiger partial charge in [-0.1, -0.05) is 6.92 Å². The Kier molecular flexibility index (Phi) is 3.67. The molecule has 2 heterocycles. The van der Waals surface area contributed by atoms with Gasteiger partial charge in [0.1, 0.15) is 5.69 Å². The van der Waals surface area contributed by atoms with Crippen molar-refractivity contribution < 1.29 is 4.79 Å². The minimum Gasteiger partial charge on any atom is -0.345 e. The van der Waals surface area contributed by atoms with Gasteiger partial charge >= 0.3 is 0 Å². The molecule has 0 aromatic carbocycles. The van der Waals surface area contributed by atoms with Crippen LogP contribution in [0.25, 0.3) is 0 Å². The molecule has 2 atom stereocenters. The molecule has 8 heteroatoms. The van der Waals surface area contributed by atoms with E-state index in [1.807, 2.05) is 10.2 Å². The summed E-state index contributed by atoms with van der Waals surface area (Å²) in [6.45, 7) is 2.13. The van der Waals surface area contributed by atoms with Crippen molar-refractivity contribution in [3.63, 3.8) is 0 Å². The van der Waals surface area contributed by atoms with Crippen molar-refractivity contribution in [1.82, 2.24) is 30.5 Å². The van der Waals surface area contributed by atoms with Crippen LogP contribution in [-0.2, 0) is 12.0 Å². The number of aryl methyl sites for hydroxylation is 1. The minimum absolute atomic E-state index is 0.0211. The van der Waals surface area contributed by atoms with Crippen LogP contribution in [0.4, 0.5) is 0 Å². The number of aromatic nitrogens is 5. The van der Waals surface area contributed by atoms with Gasteiger partial charge in [-0.3, -0.25) is 4.79 Å². The molecule has 0 saturated heterocycles. The Hall–Kier alpha value is -1.83. The van der Waals surface area contributed by atoms with E-state index in [1.54, 1.807) is 11.3 Å². The SMILES string of the molecule is CCCc1nc(C(=O)NC23CC4CC(C2)CC(n2ncnn2)(C4)C3)cs1. The summed E-state index contributed by atoms with van der Waals surface area (Å²) in [6.07, 6.45) is 10.0. The predicted molar refractivity (Wildman–Crippen MR) is 96.8 cm³/mol. The molecule has 4 aliphatic carbocycles. The Bertz CT molecular complexity index is 802. The van der Waals surface area contributed by atoms with Crippen molar-refractivity contribution >= 4 is 17.2 Å². The molecule has 4 bridgehead atoms. The smallest absolute Gasteiger partial charge is 0.271 e. The third-order valence-corrected chi connectivity index (χ3v) is 7.34. The van der Waals surface area contributed by atoms with E-state index in [0.717, 1.165) is 50.0 Å². The molecule has 2 aromatic rings. The number of carbonyl (C=O) groups excluding carboxylic acids is 1. The Labute approximate surface area is 156 Å². The van der Waals surface area contributed by atoms with Gasteiger partial charge in [0, 0.05) is 10.9 Å². The summed E-state index contributed by atoms with van der Waals surface area (Å²) in [7, 11) is 0. The van der Waals surface area contributed by atoms with Gasteiger partial charge in [-0.25, -0.2) is 4.98 Å². The monoisotopic (exact) mass is 372 g/mol. The summed E-state index contributed by atoms with van der Waals surface area (Å²) in [5.41, 5.74) is 0.342. The lowest BCUT2D eigenvalue weighted by molar-refractivity contribution is -0.0810. The highest BCUT2D eigenvalue weighted by Gasteiger charge is 2.60. The number of carbonyl (C=O) groups is 1. The van der Waals surface area contributed by atoms with Crippen LogP contribution in [0.2, 0.25) is 0 Å². The number of amides is 1. The standard InChI is InChI=1S/C18H24N6OS/c1-2-3-15-21-14(9-26-15)16(25)22-17-5-12-4-13(6-17)8-18(7-12,10-17)24-20-11-19-23-24/h9,11-13H,2-8,10H2,1H3,(H,22,25). The summed E-state index contributed by atoms with van der Waals surface area (Å²) in [4.78, 5) is 19.3. The number of rotatable bonds is 5. The highest BCUT2D eigenvalue weighted by Crippen LogP contribution is 2.60.